The summed E-state index contributed by atoms with van der Waals surface area (Å²) in [4.78, 5) is 11.2. The van der Waals surface area contributed by atoms with E-state index in [-0.39, 0.29) is 11.3 Å². The van der Waals surface area contributed by atoms with Crippen molar-refractivity contribution in [2.75, 3.05) is 0 Å². The molecule has 0 saturated carbocycles. The number of aryl methyl sites for hydroxylation is 1. The molecule has 0 heterocycles. The molecule has 0 saturated heterocycles. The number of alkyl halides is 3. The van der Waals surface area contributed by atoms with Crippen LogP contribution in [0.15, 0.2) is 42.5 Å². The van der Waals surface area contributed by atoms with Gasteiger partial charge < -0.3 is 9.84 Å². The average molecular weight is 296 g/mol. The Morgan fingerprint density at radius 1 is 1.10 bits per heavy atom. The smallest absolute Gasteiger partial charge is 0.478 e. The number of carboxylic acid groups (broad SMARTS) is 1. The van der Waals surface area contributed by atoms with Crippen LogP contribution in [-0.2, 0) is 0 Å². The first-order chi connectivity index (χ1) is 9.76. The van der Waals surface area contributed by atoms with Crippen LogP contribution < -0.4 is 4.74 Å². The maximum Gasteiger partial charge on any atom is 0.573 e. The molecule has 21 heavy (non-hydrogen) atoms. The van der Waals surface area contributed by atoms with Crippen molar-refractivity contribution in [3.05, 3.63) is 53.6 Å². The first-order valence-electron chi connectivity index (χ1n) is 5.96. The highest BCUT2D eigenvalue weighted by molar-refractivity contribution is 5.96. The van der Waals surface area contributed by atoms with Gasteiger partial charge >= 0.3 is 12.3 Å². The Balaban J connectivity index is 2.39. The standard InChI is InChI=1S/C15H11F3O3/c1-9-2-7-12(14(19)20)13(8-9)10-3-5-11(6-4-10)21-15(16,17)18/h2-8H,1H3,(H,19,20). The Morgan fingerprint density at radius 3 is 2.24 bits per heavy atom. The van der Waals surface area contributed by atoms with Gasteiger partial charge in [-0.25, -0.2) is 4.79 Å². The summed E-state index contributed by atoms with van der Waals surface area (Å²) in [5, 5.41) is 9.15. The van der Waals surface area contributed by atoms with E-state index in [1.54, 1.807) is 19.1 Å². The van der Waals surface area contributed by atoms with Crippen LogP contribution >= 0.6 is 0 Å². The second-order valence-corrected chi connectivity index (χ2v) is 4.43. The third-order valence-electron chi connectivity index (χ3n) is 2.80. The van der Waals surface area contributed by atoms with Gasteiger partial charge in [0.25, 0.3) is 0 Å². The second-order valence-electron chi connectivity index (χ2n) is 4.43. The molecule has 0 bridgehead atoms. The molecule has 0 aliphatic carbocycles. The molecule has 0 spiro atoms. The molecule has 1 N–H and O–H groups in total. The average Bonchev–Trinajstić information content (AvgIpc) is 2.37. The molecule has 0 atom stereocenters. The first kappa shape index (κ1) is 14.9. The first-order valence-corrected chi connectivity index (χ1v) is 5.96. The van der Waals surface area contributed by atoms with E-state index in [0.29, 0.717) is 11.1 Å². The fraction of sp³-hybridized carbons (Fsp3) is 0.133. The maximum absolute atomic E-state index is 12.1. The van der Waals surface area contributed by atoms with Gasteiger partial charge in [0, 0.05) is 0 Å². The molecule has 2 aromatic carbocycles. The minimum atomic E-state index is -4.75. The molecule has 0 fully saturated rings. The van der Waals surface area contributed by atoms with Gasteiger partial charge in [-0.1, -0.05) is 29.8 Å². The van der Waals surface area contributed by atoms with Crippen molar-refractivity contribution in [2.45, 2.75) is 13.3 Å². The number of halogens is 3. The largest absolute Gasteiger partial charge is 0.573 e. The number of ether oxygens (including phenoxy) is 1. The Bertz CT molecular complexity index is 661. The van der Waals surface area contributed by atoms with Crippen LogP contribution in [0.2, 0.25) is 0 Å². The highest BCUT2D eigenvalue weighted by Gasteiger charge is 2.31. The van der Waals surface area contributed by atoms with E-state index in [4.69, 9.17) is 5.11 Å². The summed E-state index contributed by atoms with van der Waals surface area (Å²) < 4.78 is 40.0. The van der Waals surface area contributed by atoms with Gasteiger partial charge in [-0.05, 0) is 36.2 Å². The number of carboxylic acids is 1. The summed E-state index contributed by atoms with van der Waals surface area (Å²) in [6, 6.07) is 9.88. The lowest BCUT2D eigenvalue weighted by atomic mass is 9.97. The third-order valence-corrected chi connectivity index (χ3v) is 2.80. The Labute approximate surface area is 118 Å². The van der Waals surface area contributed by atoms with Crippen molar-refractivity contribution in [1.29, 1.82) is 0 Å². The monoisotopic (exact) mass is 296 g/mol. The molecule has 0 amide bonds. The molecule has 0 aliphatic rings. The summed E-state index contributed by atoms with van der Waals surface area (Å²) >= 11 is 0. The number of rotatable bonds is 3. The van der Waals surface area contributed by atoms with Crippen LogP contribution in [-0.4, -0.2) is 17.4 Å². The number of carbonyl (C=O) groups is 1. The molecule has 6 heteroatoms. The van der Waals surface area contributed by atoms with Gasteiger partial charge in [-0.15, -0.1) is 13.2 Å². The molecule has 2 aromatic rings. The van der Waals surface area contributed by atoms with Gasteiger partial charge in [0.1, 0.15) is 5.75 Å². The van der Waals surface area contributed by atoms with E-state index >= 15 is 0 Å². The SMILES string of the molecule is Cc1ccc(C(=O)O)c(-c2ccc(OC(F)(F)F)cc2)c1. The van der Waals surface area contributed by atoms with Crippen molar-refractivity contribution in [1.82, 2.24) is 0 Å². The number of hydrogen-bond donors (Lipinski definition) is 1. The Kier molecular flexibility index (Phi) is 3.88. The van der Waals surface area contributed by atoms with Crippen molar-refractivity contribution in [3.8, 4) is 16.9 Å². The molecule has 110 valence electrons. The van der Waals surface area contributed by atoms with Gasteiger partial charge in [0.2, 0.25) is 0 Å². The molecule has 0 aliphatic heterocycles. The van der Waals surface area contributed by atoms with Crippen LogP contribution in [0.5, 0.6) is 5.75 Å². The predicted octanol–water partition coefficient (Wildman–Crippen LogP) is 4.26. The lowest BCUT2D eigenvalue weighted by molar-refractivity contribution is -0.274. The lowest BCUT2D eigenvalue weighted by Gasteiger charge is -2.11. The Morgan fingerprint density at radius 2 is 1.71 bits per heavy atom. The molecule has 3 nitrogen and oxygen atoms in total. The van der Waals surface area contributed by atoms with E-state index in [0.717, 1.165) is 17.7 Å². The fourth-order valence-corrected chi connectivity index (χ4v) is 1.92. The highest BCUT2D eigenvalue weighted by atomic mass is 19.4. The van der Waals surface area contributed by atoms with Crippen LogP contribution in [0.25, 0.3) is 11.1 Å². The zero-order valence-corrected chi connectivity index (χ0v) is 10.9. The zero-order valence-electron chi connectivity index (χ0n) is 10.9. The molecule has 0 unspecified atom stereocenters. The minimum absolute atomic E-state index is 0.0880. The van der Waals surface area contributed by atoms with Crippen LogP contribution in [0.3, 0.4) is 0 Å². The van der Waals surface area contributed by atoms with Gasteiger partial charge in [-0.3, -0.25) is 0 Å². The highest BCUT2D eigenvalue weighted by Crippen LogP contribution is 2.29. The van der Waals surface area contributed by atoms with E-state index in [1.165, 1.54) is 18.2 Å². The van der Waals surface area contributed by atoms with Gasteiger partial charge in [0.05, 0.1) is 5.56 Å². The van der Waals surface area contributed by atoms with Crippen molar-refractivity contribution < 1.29 is 27.8 Å². The summed E-state index contributed by atoms with van der Waals surface area (Å²) in [6.45, 7) is 1.80. The van der Waals surface area contributed by atoms with Crippen LogP contribution in [0, 0.1) is 6.92 Å². The maximum atomic E-state index is 12.1. The summed E-state index contributed by atoms with van der Waals surface area (Å²) in [5.74, 6) is -1.45. The van der Waals surface area contributed by atoms with E-state index in [9.17, 15) is 18.0 Å². The fourth-order valence-electron chi connectivity index (χ4n) is 1.92. The van der Waals surface area contributed by atoms with Crippen molar-refractivity contribution in [3.63, 3.8) is 0 Å². The molecule has 0 aromatic heterocycles. The van der Waals surface area contributed by atoms with Gasteiger partial charge in [0.15, 0.2) is 0 Å². The Hall–Kier alpha value is -2.50. The number of aromatic carboxylic acids is 1. The number of hydrogen-bond acceptors (Lipinski definition) is 2. The quantitative estimate of drug-likeness (QED) is 0.920. The van der Waals surface area contributed by atoms with Crippen molar-refractivity contribution in [2.24, 2.45) is 0 Å². The predicted molar refractivity (Wildman–Crippen MR) is 70.3 cm³/mol. The lowest BCUT2D eigenvalue weighted by Crippen LogP contribution is -2.16. The summed E-state index contributed by atoms with van der Waals surface area (Å²) in [7, 11) is 0. The van der Waals surface area contributed by atoms with E-state index in [1.807, 2.05) is 0 Å². The van der Waals surface area contributed by atoms with Gasteiger partial charge in [-0.2, -0.15) is 0 Å². The normalized spacial score (nSPS) is 11.2. The van der Waals surface area contributed by atoms with Crippen LogP contribution in [0.4, 0.5) is 13.2 Å². The van der Waals surface area contributed by atoms with Crippen molar-refractivity contribution >= 4 is 5.97 Å². The zero-order chi connectivity index (χ0) is 15.6. The topological polar surface area (TPSA) is 46.5 Å². The summed E-state index contributed by atoms with van der Waals surface area (Å²) in [5.41, 5.74) is 1.89. The van der Waals surface area contributed by atoms with E-state index in [2.05, 4.69) is 4.74 Å². The van der Waals surface area contributed by atoms with E-state index < -0.39 is 12.3 Å². The van der Waals surface area contributed by atoms with Crippen LogP contribution in [0.1, 0.15) is 15.9 Å². The number of benzene rings is 2. The summed E-state index contributed by atoms with van der Waals surface area (Å²) in [6.07, 6.45) is -4.75. The third kappa shape index (κ3) is 3.75. The second kappa shape index (κ2) is 5.47. The molecular formula is C15H11F3O3. The minimum Gasteiger partial charge on any atom is -0.478 e. The molecule has 0 radical (unpaired) electrons. The molecular weight excluding hydrogens is 285 g/mol. The molecule has 2 rings (SSSR count).